The van der Waals surface area contributed by atoms with Crippen molar-refractivity contribution < 1.29 is 17.9 Å². The summed E-state index contributed by atoms with van der Waals surface area (Å²) in [5.74, 6) is -0.104. The molecule has 2 aliphatic rings. The molecule has 1 amide bonds. The van der Waals surface area contributed by atoms with E-state index < -0.39 is 10.0 Å². The van der Waals surface area contributed by atoms with Crippen LogP contribution in [0.5, 0.6) is 0 Å². The Bertz CT molecular complexity index is 686. The average Bonchev–Trinajstić information content (AvgIpc) is 2.80. The van der Waals surface area contributed by atoms with E-state index >= 15 is 0 Å². The first-order chi connectivity index (χ1) is 9.89. The van der Waals surface area contributed by atoms with Crippen LogP contribution in [0.2, 0.25) is 0 Å². The molecule has 0 aliphatic carbocycles. The maximum Gasteiger partial charge on any atom is 0.243 e. The Morgan fingerprint density at radius 2 is 2.10 bits per heavy atom. The fourth-order valence-electron chi connectivity index (χ4n) is 2.75. The molecular weight excluding hydrogens is 292 g/mol. The summed E-state index contributed by atoms with van der Waals surface area (Å²) in [5.41, 5.74) is 1.43. The predicted octanol–water partition coefficient (Wildman–Crippen LogP) is 0.979. The van der Waals surface area contributed by atoms with Gasteiger partial charge in [0.1, 0.15) is 0 Å². The summed E-state index contributed by atoms with van der Waals surface area (Å²) in [6.45, 7) is 4.47. The lowest BCUT2D eigenvalue weighted by Crippen LogP contribution is -2.51. The largest absolute Gasteiger partial charge is 0.375 e. The van der Waals surface area contributed by atoms with Crippen LogP contribution in [0.1, 0.15) is 19.4 Å². The van der Waals surface area contributed by atoms with Gasteiger partial charge in [-0.1, -0.05) is 0 Å². The van der Waals surface area contributed by atoms with Crippen LogP contribution >= 0.6 is 0 Å². The molecule has 3 rings (SSSR count). The SMILES string of the molecule is CC1OCCN(S(=O)(=O)c2ccc3c(c2)CC(=O)N3)C1C. The quantitative estimate of drug-likeness (QED) is 0.883. The molecule has 1 N–H and O–H groups in total. The number of nitrogens with one attached hydrogen (secondary N) is 1. The standard InChI is InChI=1S/C14H18N2O4S/c1-9-10(2)20-6-5-16(9)21(18,19)12-3-4-13-11(7-12)8-14(17)15-13/h3-4,7,9-10H,5-6,8H2,1-2H3,(H,15,17). The van der Waals surface area contributed by atoms with Crippen molar-refractivity contribution in [2.45, 2.75) is 37.3 Å². The fourth-order valence-corrected chi connectivity index (χ4v) is 4.47. The Hall–Kier alpha value is -1.44. The molecule has 7 heteroatoms. The van der Waals surface area contributed by atoms with E-state index in [-0.39, 0.29) is 29.4 Å². The van der Waals surface area contributed by atoms with Crippen LogP contribution in [-0.2, 0) is 26.0 Å². The van der Waals surface area contributed by atoms with Crippen LogP contribution in [-0.4, -0.2) is 43.9 Å². The second kappa shape index (κ2) is 5.08. The summed E-state index contributed by atoms with van der Waals surface area (Å²) in [6, 6.07) is 4.58. The number of amides is 1. The van der Waals surface area contributed by atoms with E-state index in [1.807, 2.05) is 13.8 Å². The number of morpholine rings is 1. The minimum Gasteiger partial charge on any atom is -0.375 e. The molecule has 0 saturated carbocycles. The molecule has 0 radical (unpaired) electrons. The van der Waals surface area contributed by atoms with Gasteiger partial charge in [0.25, 0.3) is 0 Å². The van der Waals surface area contributed by atoms with Gasteiger partial charge >= 0.3 is 0 Å². The highest BCUT2D eigenvalue weighted by molar-refractivity contribution is 7.89. The van der Waals surface area contributed by atoms with E-state index in [0.717, 1.165) is 5.56 Å². The van der Waals surface area contributed by atoms with Crippen molar-refractivity contribution >= 4 is 21.6 Å². The van der Waals surface area contributed by atoms with Gasteiger partial charge in [0.2, 0.25) is 15.9 Å². The van der Waals surface area contributed by atoms with Crippen molar-refractivity contribution in [1.29, 1.82) is 0 Å². The Kier molecular flexibility index (Phi) is 3.51. The Labute approximate surface area is 124 Å². The molecule has 0 spiro atoms. The summed E-state index contributed by atoms with van der Waals surface area (Å²) in [6.07, 6.45) is 0.0968. The molecule has 2 heterocycles. The maximum absolute atomic E-state index is 12.8. The molecule has 2 unspecified atom stereocenters. The normalized spacial score (nSPS) is 26.5. The van der Waals surface area contributed by atoms with Crippen molar-refractivity contribution in [3.8, 4) is 0 Å². The molecule has 0 bridgehead atoms. The van der Waals surface area contributed by atoms with Gasteiger partial charge in [-0.3, -0.25) is 4.79 Å². The summed E-state index contributed by atoms with van der Waals surface area (Å²) >= 11 is 0. The first-order valence-electron chi connectivity index (χ1n) is 6.96. The number of nitrogens with zero attached hydrogens (tertiary/aromatic N) is 1. The second-order valence-electron chi connectivity index (χ2n) is 5.48. The minimum atomic E-state index is -3.57. The molecule has 1 saturated heterocycles. The molecule has 2 atom stereocenters. The van der Waals surface area contributed by atoms with E-state index in [2.05, 4.69) is 5.32 Å². The van der Waals surface area contributed by atoms with E-state index in [1.54, 1.807) is 18.2 Å². The van der Waals surface area contributed by atoms with Gasteiger partial charge in [-0.05, 0) is 37.6 Å². The highest BCUT2D eigenvalue weighted by Gasteiger charge is 2.35. The van der Waals surface area contributed by atoms with Crippen LogP contribution in [0.15, 0.2) is 23.1 Å². The molecule has 2 aliphatic heterocycles. The molecular formula is C14H18N2O4S. The molecule has 0 aromatic heterocycles. The zero-order valence-electron chi connectivity index (χ0n) is 12.0. The Morgan fingerprint density at radius 3 is 2.86 bits per heavy atom. The number of hydrogen-bond donors (Lipinski definition) is 1. The van der Waals surface area contributed by atoms with Gasteiger partial charge in [-0.15, -0.1) is 0 Å². The molecule has 1 aromatic rings. The van der Waals surface area contributed by atoms with Gasteiger partial charge in [-0.2, -0.15) is 4.31 Å². The summed E-state index contributed by atoms with van der Waals surface area (Å²) in [4.78, 5) is 11.6. The summed E-state index contributed by atoms with van der Waals surface area (Å²) < 4.78 is 32.5. The van der Waals surface area contributed by atoms with Crippen LogP contribution in [0.25, 0.3) is 0 Å². The number of fused-ring (bicyclic) bond motifs is 1. The molecule has 21 heavy (non-hydrogen) atoms. The van der Waals surface area contributed by atoms with E-state index in [0.29, 0.717) is 18.8 Å². The van der Waals surface area contributed by atoms with Gasteiger partial charge < -0.3 is 10.1 Å². The maximum atomic E-state index is 12.8. The summed E-state index contributed by atoms with van der Waals surface area (Å²) in [5, 5.41) is 2.70. The van der Waals surface area contributed by atoms with E-state index in [9.17, 15) is 13.2 Å². The first-order valence-corrected chi connectivity index (χ1v) is 8.40. The van der Waals surface area contributed by atoms with Crippen molar-refractivity contribution in [2.75, 3.05) is 18.5 Å². The number of carbonyl (C=O) groups excluding carboxylic acids is 1. The van der Waals surface area contributed by atoms with Crippen LogP contribution < -0.4 is 5.32 Å². The minimum absolute atomic E-state index is 0.104. The zero-order chi connectivity index (χ0) is 15.2. The Morgan fingerprint density at radius 1 is 1.33 bits per heavy atom. The number of anilines is 1. The third kappa shape index (κ3) is 2.45. The summed E-state index contributed by atoms with van der Waals surface area (Å²) in [7, 11) is -3.57. The fraction of sp³-hybridized carbons (Fsp3) is 0.500. The van der Waals surface area contributed by atoms with Gasteiger partial charge in [0, 0.05) is 18.3 Å². The first kappa shape index (κ1) is 14.5. The van der Waals surface area contributed by atoms with Crippen molar-refractivity contribution in [3.05, 3.63) is 23.8 Å². The van der Waals surface area contributed by atoms with E-state index in [4.69, 9.17) is 4.74 Å². The number of hydrogen-bond acceptors (Lipinski definition) is 4. The third-order valence-corrected chi connectivity index (χ3v) is 6.12. The number of sulfonamides is 1. The predicted molar refractivity (Wildman–Crippen MR) is 77.5 cm³/mol. The molecule has 1 aromatic carbocycles. The average molecular weight is 310 g/mol. The zero-order valence-corrected chi connectivity index (χ0v) is 12.8. The van der Waals surface area contributed by atoms with Gasteiger partial charge in [0.05, 0.1) is 24.0 Å². The smallest absolute Gasteiger partial charge is 0.243 e. The topological polar surface area (TPSA) is 75.7 Å². The van der Waals surface area contributed by atoms with Crippen LogP contribution in [0.4, 0.5) is 5.69 Å². The molecule has 1 fully saturated rings. The van der Waals surface area contributed by atoms with Crippen molar-refractivity contribution in [3.63, 3.8) is 0 Å². The Balaban J connectivity index is 1.95. The highest BCUT2D eigenvalue weighted by Crippen LogP contribution is 2.29. The lowest BCUT2D eigenvalue weighted by molar-refractivity contribution is -0.115. The highest BCUT2D eigenvalue weighted by atomic mass is 32.2. The molecule has 6 nitrogen and oxygen atoms in total. The van der Waals surface area contributed by atoms with Crippen LogP contribution in [0.3, 0.4) is 0 Å². The third-order valence-electron chi connectivity index (χ3n) is 4.13. The molecule has 114 valence electrons. The van der Waals surface area contributed by atoms with Crippen molar-refractivity contribution in [2.24, 2.45) is 0 Å². The number of carbonyl (C=O) groups is 1. The van der Waals surface area contributed by atoms with Crippen LogP contribution in [0, 0.1) is 0 Å². The van der Waals surface area contributed by atoms with Gasteiger partial charge in [0.15, 0.2) is 0 Å². The second-order valence-corrected chi connectivity index (χ2v) is 7.37. The lowest BCUT2D eigenvalue weighted by Gasteiger charge is -2.36. The monoisotopic (exact) mass is 310 g/mol. The van der Waals surface area contributed by atoms with E-state index in [1.165, 1.54) is 4.31 Å². The number of ether oxygens (including phenoxy) is 1. The number of benzene rings is 1. The lowest BCUT2D eigenvalue weighted by atomic mass is 10.2. The van der Waals surface area contributed by atoms with Gasteiger partial charge in [-0.25, -0.2) is 8.42 Å². The number of rotatable bonds is 2. The van der Waals surface area contributed by atoms with Crippen molar-refractivity contribution in [1.82, 2.24) is 4.31 Å².